The Morgan fingerprint density at radius 2 is 2.44 bits per heavy atom. The second kappa shape index (κ2) is 3.15. The Morgan fingerprint density at radius 1 is 1.67 bits per heavy atom. The molecule has 0 aromatic rings. The van der Waals surface area contributed by atoms with Crippen molar-refractivity contribution in [1.29, 1.82) is 0 Å². The number of rotatable bonds is 1. The lowest BCUT2D eigenvalue weighted by molar-refractivity contribution is 0.0134. The highest BCUT2D eigenvalue weighted by Crippen LogP contribution is 2.11. The van der Waals surface area contributed by atoms with Gasteiger partial charge in [-0.2, -0.15) is 0 Å². The van der Waals surface area contributed by atoms with Gasteiger partial charge < -0.3 is 4.74 Å². The summed E-state index contributed by atoms with van der Waals surface area (Å²) in [6.45, 7) is 2.92. The van der Waals surface area contributed by atoms with Crippen LogP contribution in [-0.4, -0.2) is 18.8 Å². The molecule has 3 heteroatoms. The number of hydrogen-bond acceptors (Lipinski definition) is 3. The van der Waals surface area contributed by atoms with Crippen molar-refractivity contribution in [1.82, 2.24) is 5.43 Å². The second-order valence-corrected chi connectivity index (χ2v) is 2.57. The summed E-state index contributed by atoms with van der Waals surface area (Å²) >= 11 is 0. The quantitative estimate of drug-likeness (QED) is 0.388. The van der Waals surface area contributed by atoms with Gasteiger partial charge in [-0.25, -0.2) is 0 Å². The van der Waals surface area contributed by atoms with Crippen LogP contribution < -0.4 is 11.3 Å². The fourth-order valence-electron chi connectivity index (χ4n) is 1.15. The van der Waals surface area contributed by atoms with Gasteiger partial charge in [0.1, 0.15) is 0 Å². The van der Waals surface area contributed by atoms with Crippen LogP contribution in [0, 0.1) is 0 Å². The zero-order valence-corrected chi connectivity index (χ0v) is 5.76. The van der Waals surface area contributed by atoms with Gasteiger partial charge in [0.15, 0.2) is 0 Å². The van der Waals surface area contributed by atoms with Gasteiger partial charge in [-0.3, -0.25) is 11.3 Å². The molecule has 0 saturated carbocycles. The molecule has 54 valence electrons. The second-order valence-electron chi connectivity index (χ2n) is 2.57. The summed E-state index contributed by atoms with van der Waals surface area (Å²) in [5, 5.41) is 0. The molecule has 0 aliphatic carbocycles. The number of ether oxygens (including phenoxy) is 1. The van der Waals surface area contributed by atoms with E-state index in [0.717, 1.165) is 19.4 Å². The molecule has 0 radical (unpaired) electrons. The smallest absolute Gasteiger partial charge is 0.0562 e. The highest BCUT2D eigenvalue weighted by molar-refractivity contribution is 4.71. The zero-order valence-electron chi connectivity index (χ0n) is 5.76. The molecule has 0 aromatic heterocycles. The van der Waals surface area contributed by atoms with Gasteiger partial charge in [-0.15, -0.1) is 0 Å². The van der Waals surface area contributed by atoms with Crippen LogP contribution in [0.1, 0.15) is 19.8 Å². The Kier molecular flexibility index (Phi) is 2.45. The molecular weight excluding hydrogens is 116 g/mol. The first-order valence-electron chi connectivity index (χ1n) is 3.40. The van der Waals surface area contributed by atoms with Crippen molar-refractivity contribution >= 4 is 0 Å². The molecule has 0 amide bonds. The monoisotopic (exact) mass is 130 g/mol. The van der Waals surface area contributed by atoms with E-state index in [1.165, 1.54) is 0 Å². The normalized spacial score (nSPS) is 36.7. The Balaban J connectivity index is 2.23. The van der Waals surface area contributed by atoms with Crippen LogP contribution in [-0.2, 0) is 4.74 Å². The zero-order chi connectivity index (χ0) is 6.69. The lowest BCUT2D eigenvalue weighted by Crippen LogP contribution is -2.41. The SMILES string of the molecule is C[C@H]1C[C@@H](NN)CCO1. The Hall–Kier alpha value is -0.120. The molecular formula is C6H14N2O. The summed E-state index contributed by atoms with van der Waals surface area (Å²) in [5.41, 5.74) is 2.75. The predicted molar refractivity (Wildman–Crippen MR) is 35.8 cm³/mol. The summed E-state index contributed by atoms with van der Waals surface area (Å²) < 4.78 is 5.31. The third-order valence-corrected chi connectivity index (χ3v) is 1.72. The minimum Gasteiger partial charge on any atom is -0.378 e. The van der Waals surface area contributed by atoms with Crippen molar-refractivity contribution < 1.29 is 4.74 Å². The molecule has 0 spiro atoms. The number of nitrogens with two attached hydrogens (primary N) is 1. The van der Waals surface area contributed by atoms with E-state index in [-0.39, 0.29) is 0 Å². The minimum absolute atomic E-state index is 0.375. The summed E-state index contributed by atoms with van der Waals surface area (Å²) in [6, 6.07) is 0.466. The predicted octanol–water partition coefficient (Wildman–Crippen LogP) is 0.0172. The molecule has 1 rings (SSSR count). The first kappa shape index (κ1) is 6.99. The number of nitrogens with one attached hydrogen (secondary N) is 1. The van der Waals surface area contributed by atoms with E-state index < -0.39 is 0 Å². The Labute approximate surface area is 55.5 Å². The minimum atomic E-state index is 0.375. The van der Waals surface area contributed by atoms with Gasteiger partial charge in [0.25, 0.3) is 0 Å². The maximum atomic E-state index is 5.31. The molecule has 3 nitrogen and oxygen atoms in total. The van der Waals surface area contributed by atoms with Crippen molar-refractivity contribution in [3.8, 4) is 0 Å². The average Bonchev–Trinajstić information content (AvgIpc) is 1.88. The standard InChI is InChI=1S/C6H14N2O/c1-5-4-6(8-7)2-3-9-5/h5-6,8H,2-4,7H2,1H3/t5-,6-/m0/s1. The molecule has 2 atom stereocenters. The van der Waals surface area contributed by atoms with Gasteiger partial charge in [0.05, 0.1) is 6.10 Å². The lowest BCUT2D eigenvalue weighted by atomic mass is 10.1. The topological polar surface area (TPSA) is 47.3 Å². The molecule has 1 fully saturated rings. The number of hydrogen-bond donors (Lipinski definition) is 2. The van der Waals surface area contributed by atoms with Crippen LogP contribution in [0.5, 0.6) is 0 Å². The van der Waals surface area contributed by atoms with E-state index >= 15 is 0 Å². The van der Waals surface area contributed by atoms with Crippen LogP contribution in [0.4, 0.5) is 0 Å². The van der Waals surface area contributed by atoms with Gasteiger partial charge in [0.2, 0.25) is 0 Å². The number of hydrazine groups is 1. The highest BCUT2D eigenvalue weighted by atomic mass is 16.5. The van der Waals surface area contributed by atoms with E-state index in [1.807, 2.05) is 0 Å². The first-order chi connectivity index (χ1) is 4.33. The Morgan fingerprint density at radius 3 is 2.89 bits per heavy atom. The molecule has 1 heterocycles. The fourth-order valence-corrected chi connectivity index (χ4v) is 1.15. The summed E-state index contributed by atoms with van der Waals surface area (Å²) in [7, 11) is 0. The first-order valence-corrected chi connectivity index (χ1v) is 3.40. The van der Waals surface area contributed by atoms with Crippen molar-refractivity contribution in [3.05, 3.63) is 0 Å². The molecule has 0 bridgehead atoms. The third-order valence-electron chi connectivity index (χ3n) is 1.72. The highest BCUT2D eigenvalue weighted by Gasteiger charge is 2.16. The summed E-state index contributed by atoms with van der Waals surface area (Å²) in [4.78, 5) is 0. The lowest BCUT2D eigenvalue weighted by Gasteiger charge is -2.26. The van der Waals surface area contributed by atoms with Crippen molar-refractivity contribution in [2.75, 3.05) is 6.61 Å². The van der Waals surface area contributed by atoms with Crippen LogP contribution in [0.3, 0.4) is 0 Å². The van der Waals surface area contributed by atoms with Crippen LogP contribution >= 0.6 is 0 Å². The van der Waals surface area contributed by atoms with E-state index in [1.54, 1.807) is 0 Å². The van der Waals surface area contributed by atoms with Crippen molar-refractivity contribution in [3.63, 3.8) is 0 Å². The third kappa shape index (κ3) is 1.93. The fraction of sp³-hybridized carbons (Fsp3) is 1.00. The van der Waals surface area contributed by atoms with E-state index in [9.17, 15) is 0 Å². The summed E-state index contributed by atoms with van der Waals surface area (Å²) in [5.74, 6) is 5.26. The van der Waals surface area contributed by atoms with Gasteiger partial charge in [-0.05, 0) is 19.8 Å². The van der Waals surface area contributed by atoms with Gasteiger partial charge in [-0.1, -0.05) is 0 Å². The van der Waals surface area contributed by atoms with Crippen molar-refractivity contribution in [2.24, 2.45) is 5.84 Å². The van der Waals surface area contributed by atoms with Crippen LogP contribution in [0.2, 0.25) is 0 Å². The molecule has 1 aliphatic heterocycles. The van der Waals surface area contributed by atoms with E-state index in [0.29, 0.717) is 12.1 Å². The molecule has 3 N–H and O–H groups in total. The van der Waals surface area contributed by atoms with E-state index in [2.05, 4.69) is 12.3 Å². The Bertz CT molecular complexity index is 87.1. The maximum absolute atomic E-state index is 5.31. The molecule has 0 unspecified atom stereocenters. The van der Waals surface area contributed by atoms with E-state index in [4.69, 9.17) is 10.6 Å². The van der Waals surface area contributed by atoms with Crippen LogP contribution in [0.25, 0.3) is 0 Å². The van der Waals surface area contributed by atoms with Crippen molar-refractivity contribution in [2.45, 2.75) is 31.9 Å². The largest absolute Gasteiger partial charge is 0.378 e. The van der Waals surface area contributed by atoms with Crippen LogP contribution in [0.15, 0.2) is 0 Å². The molecule has 1 saturated heterocycles. The summed E-state index contributed by atoms with van der Waals surface area (Å²) in [6.07, 6.45) is 2.46. The average molecular weight is 130 g/mol. The van der Waals surface area contributed by atoms with Gasteiger partial charge >= 0.3 is 0 Å². The van der Waals surface area contributed by atoms with Gasteiger partial charge in [0, 0.05) is 12.6 Å². The molecule has 1 aliphatic rings. The molecule has 9 heavy (non-hydrogen) atoms. The maximum Gasteiger partial charge on any atom is 0.0562 e. The molecule has 0 aromatic carbocycles.